The Balaban J connectivity index is 1.49. The second-order valence-corrected chi connectivity index (χ2v) is 6.47. The van der Waals surface area contributed by atoms with Crippen LogP contribution in [0.25, 0.3) is 0 Å². The third-order valence-electron chi connectivity index (χ3n) is 5.08. The fourth-order valence-electron chi connectivity index (χ4n) is 3.52. The number of rotatable bonds is 3. The van der Waals surface area contributed by atoms with Gasteiger partial charge in [-0.15, -0.1) is 0 Å². The lowest BCUT2D eigenvalue weighted by atomic mass is 9.91. The van der Waals surface area contributed by atoms with Gasteiger partial charge in [-0.1, -0.05) is 30.7 Å². The van der Waals surface area contributed by atoms with Gasteiger partial charge in [0.2, 0.25) is 0 Å². The average Bonchev–Trinajstić information content (AvgIpc) is 2.70. The van der Waals surface area contributed by atoms with Gasteiger partial charge in [0.1, 0.15) is 11.5 Å². The molecule has 1 heterocycles. The highest BCUT2D eigenvalue weighted by Gasteiger charge is 2.26. The first-order valence-electron chi connectivity index (χ1n) is 8.47. The molecule has 0 aromatic heterocycles. The molecule has 2 heteroatoms. The maximum absolute atomic E-state index is 5.98. The molecule has 114 valence electrons. The summed E-state index contributed by atoms with van der Waals surface area (Å²) >= 11 is 0. The number of ether oxygens (including phenoxy) is 1. The SMILES string of the molecule is c1ccc(Oc2ccc3c(c2)CCN(C2CCC2)CC3)cc1. The van der Waals surface area contributed by atoms with Crippen LogP contribution in [0.5, 0.6) is 11.5 Å². The van der Waals surface area contributed by atoms with Gasteiger partial charge in [-0.3, -0.25) is 4.90 Å². The van der Waals surface area contributed by atoms with E-state index < -0.39 is 0 Å². The van der Waals surface area contributed by atoms with E-state index >= 15 is 0 Å². The highest BCUT2D eigenvalue weighted by atomic mass is 16.5. The fraction of sp³-hybridized carbons (Fsp3) is 0.400. The third kappa shape index (κ3) is 2.89. The quantitative estimate of drug-likeness (QED) is 0.830. The minimum Gasteiger partial charge on any atom is -0.457 e. The summed E-state index contributed by atoms with van der Waals surface area (Å²) in [7, 11) is 0. The van der Waals surface area contributed by atoms with Gasteiger partial charge in [0.15, 0.2) is 0 Å². The number of para-hydroxylation sites is 1. The largest absolute Gasteiger partial charge is 0.457 e. The molecule has 0 atom stereocenters. The van der Waals surface area contributed by atoms with E-state index in [-0.39, 0.29) is 0 Å². The Bertz CT molecular complexity index is 633. The van der Waals surface area contributed by atoms with Gasteiger partial charge in [0, 0.05) is 19.1 Å². The van der Waals surface area contributed by atoms with Crippen LogP contribution in [0.2, 0.25) is 0 Å². The topological polar surface area (TPSA) is 12.5 Å². The van der Waals surface area contributed by atoms with Crippen molar-refractivity contribution in [3.05, 3.63) is 59.7 Å². The van der Waals surface area contributed by atoms with Gasteiger partial charge in [-0.25, -0.2) is 0 Å². The molecule has 0 saturated heterocycles. The Morgan fingerprint density at radius 3 is 2.32 bits per heavy atom. The highest BCUT2D eigenvalue weighted by molar-refractivity contribution is 5.39. The van der Waals surface area contributed by atoms with Gasteiger partial charge in [0.05, 0.1) is 0 Å². The Kier molecular flexibility index (Phi) is 3.86. The van der Waals surface area contributed by atoms with Crippen LogP contribution in [0.3, 0.4) is 0 Å². The minimum absolute atomic E-state index is 0.856. The Labute approximate surface area is 132 Å². The summed E-state index contributed by atoms with van der Waals surface area (Å²) in [5.41, 5.74) is 2.97. The Morgan fingerprint density at radius 2 is 1.59 bits per heavy atom. The van der Waals surface area contributed by atoms with Crippen LogP contribution in [0, 0.1) is 0 Å². The van der Waals surface area contributed by atoms with Gasteiger partial charge in [-0.05, 0) is 61.1 Å². The van der Waals surface area contributed by atoms with Crippen molar-refractivity contribution in [2.45, 2.75) is 38.1 Å². The molecule has 0 radical (unpaired) electrons. The predicted octanol–water partition coefficient (Wildman–Crippen LogP) is 4.43. The molecule has 22 heavy (non-hydrogen) atoms. The lowest BCUT2D eigenvalue weighted by molar-refractivity contribution is 0.133. The van der Waals surface area contributed by atoms with E-state index in [2.05, 4.69) is 23.1 Å². The molecule has 2 nitrogen and oxygen atoms in total. The van der Waals surface area contributed by atoms with Gasteiger partial charge < -0.3 is 4.74 Å². The summed E-state index contributed by atoms with van der Waals surface area (Å²) in [5, 5.41) is 0. The summed E-state index contributed by atoms with van der Waals surface area (Å²) in [6, 6.07) is 17.5. The Morgan fingerprint density at radius 1 is 0.818 bits per heavy atom. The first kappa shape index (κ1) is 13.8. The van der Waals surface area contributed by atoms with Crippen LogP contribution >= 0.6 is 0 Å². The van der Waals surface area contributed by atoms with E-state index in [1.54, 1.807) is 0 Å². The molecule has 0 bridgehead atoms. The normalized spacial score (nSPS) is 19.1. The number of benzene rings is 2. The van der Waals surface area contributed by atoms with E-state index in [0.717, 1.165) is 24.0 Å². The molecule has 1 aliphatic carbocycles. The van der Waals surface area contributed by atoms with Crippen LogP contribution in [0.4, 0.5) is 0 Å². The smallest absolute Gasteiger partial charge is 0.127 e. The highest BCUT2D eigenvalue weighted by Crippen LogP contribution is 2.29. The number of hydrogen-bond acceptors (Lipinski definition) is 2. The second kappa shape index (κ2) is 6.13. The van der Waals surface area contributed by atoms with E-state index in [0.29, 0.717) is 0 Å². The number of hydrogen-bond donors (Lipinski definition) is 0. The molecule has 0 amide bonds. The minimum atomic E-state index is 0.856. The predicted molar refractivity (Wildman–Crippen MR) is 89.6 cm³/mol. The standard InChI is InChI=1S/C20H23NO/c1-2-7-19(8-3-1)22-20-10-9-16-11-13-21(18-5-4-6-18)14-12-17(16)15-20/h1-3,7-10,15,18H,4-6,11-14H2. The van der Waals surface area contributed by atoms with E-state index in [1.807, 2.05) is 30.3 Å². The average molecular weight is 293 g/mol. The summed E-state index contributed by atoms with van der Waals surface area (Å²) in [6.45, 7) is 2.42. The van der Waals surface area contributed by atoms with Gasteiger partial charge in [0.25, 0.3) is 0 Å². The zero-order chi connectivity index (χ0) is 14.8. The molecule has 0 N–H and O–H groups in total. The van der Waals surface area contributed by atoms with Crippen molar-refractivity contribution in [3.8, 4) is 11.5 Å². The molecule has 0 unspecified atom stereocenters. The van der Waals surface area contributed by atoms with Crippen LogP contribution in [-0.4, -0.2) is 24.0 Å². The zero-order valence-electron chi connectivity index (χ0n) is 13.0. The molecule has 2 aromatic carbocycles. The molecule has 0 spiro atoms. The van der Waals surface area contributed by atoms with Crippen LogP contribution in [-0.2, 0) is 12.8 Å². The zero-order valence-corrected chi connectivity index (χ0v) is 13.0. The third-order valence-corrected chi connectivity index (χ3v) is 5.08. The van der Waals surface area contributed by atoms with Crippen molar-refractivity contribution >= 4 is 0 Å². The summed E-state index contributed by atoms with van der Waals surface area (Å²) in [4.78, 5) is 2.70. The van der Waals surface area contributed by atoms with Crippen molar-refractivity contribution in [2.24, 2.45) is 0 Å². The molecular formula is C20H23NO. The van der Waals surface area contributed by atoms with Crippen molar-refractivity contribution in [1.29, 1.82) is 0 Å². The van der Waals surface area contributed by atoms with Crippen molar-refractivity contribution in [1.82, 2.24) is 4.90 Å². The lowest BCUT2D eigenvalue weighted by Gasteiger charge is -2.36. The van der Waals surface area contributed by atoms with Crippen LogP contribution in [0.15, 0.2) is 48.5 Å². The van der Waals surface area contributed by atoms with Crippen molar-refractivity contribution < 1.29 is 4.74 Å². The van der Waals surface area contributed by atoms with E-state index in [4.69, 9.17) is 4.74 Å². The maximum atomic E-state index is 5.98. The summed E-state index contributed by atoms with van der Waals surface area (Å²) < 4.78 is 5.98. The molecule has 1 fully saturated rings. The summed E-state index contributed by atoms with van der Waals surface area (Å²) in [5.74, 6) is 1.87. The molecular weight excluding hydrogens is 270 g/mol. The first-order chi connectivity index (χ1) is 10.9. The fourth-order valence-corrected chi connectivity index (χ4v) is 3.52. The van der Waals surface area contributed by atoms with Gasteiger partial charge >= 0.3 is 0 Å². The molecule has 1 aliphatic heterocycles. The second-order valence-electron chi connectivity index (χ2n) is 6.47. The number of fused-ring (bicyclic) bond motifs is 1. The van der Waals surface area contributed by atoms with Gasteiger partial charge in [-0.2, -0.15) is 0 Å². The first-order valence-corrected chi connectivity index (χ1v) is 8.47. The lowest BCUT2D eigenvalue weighted by Crippen LogP contribution is -2.41. The van der Waals surface area contributed by atoms with Crippen LogP contribution in [0.1, 0.15) is 30.4 Å². The van der Waals surface area contributed by atoms with E-state index in [9.17, 15) is 0 Å². The van der Waals surface area contributed by atoms with Crippen LogP contribution < -0.4 is 4.74 Å². The Hall–Kier alpha value is -1.80. The maximum Gasteiger partial charge on any atom is 0.127 e. The van der Waals surface area contributed by atoms with Crippen molar-refractivity contribution in [2.75, 3.05) is 13.1 Å². The van der Waals surface area contributed by atoms with E-state index in [1.165, 1.54) is 49.9 Å². The summed E-state index contributed by atoms with van der Waals surface area (Å²) in [6.07, 6.45) is 6.55. The molecule has 2 aliphatic rings. The molecule has 4 rings (SSSR count). The van der Waals surface area contributed by atoms with Crippen molar-refractivity contribution in [3.63, 3.8) is 0 Å². The molecule has 2 aromatic rings. The monoisotopic (exact) mass is 293 g/mol. The molecule has 1 saturated carbocycles. The number of nitrogens with zero attached hydrogens (tertiary/aromatic N) is 1.